The van der Waals surface area contributed by atoms with Gasteiger partial charge in [0.05, 0.1) is 23.7 Å². The molecule has 0 radical (unpaired) electrons. The van der Waals surface area contributed by atoms with Crippen molar-refractivity contribution in [2.45, 2.75) is 50.7 Å². The quantitative estimate of drug-likeness (QED) is 0.387. The zero-order chi connectivity index (χ0) is 24.3. The van der Waals surface area contributed by atoms with Crippen molar-refractivity contribution in [2.24, 2.45) is 7.05 Å². The number of nitrogens with zero attached hydrogens (tertiary/aromatic N) is 5. The molecule has 2 fully saturated rings. The minimum absolute atomic E-state index is 0.0719. The van der Waals surface area contributed by atoms with Gasteiger partial charge in [-0.2, -0.15) is 5.10 Å². The minimum atomic E-state index is -0.490. The van der Waals surface area contributed by atoms with E-state index in [-0.39, 0.29) is 17.6 Å². The van der Waals surface area contributed by atoms with Crippen molar-refractivity contribution in [3.63, 3.8) is 0 Å². The fourth-order valence-electron chi connectivity index (χ4n) is 4.87. The van der Waals surface area contributed by atoms with E-state index in [4.69, 9.17) is 21.3 Å². The lowest BCUT2D eigenvalue weighted by Crippen LogP contribution is -2.23. The molecule has 0 spiro atoms. The third kappa shape index (κ3) is 4.04. The molecule has 3 aromatic heterocycles. The zero-order valence-electron chi connectivity index (χ0n) is 19.5. The van der Waals surface area contributed by atoms with E-state index in [1.807, 2.05) is 16.9 Å². The molecule has 1 aliphatic heterocycles. The number of fused-ring (bicyclic) bond motifs is 1. The summed E-state index contributed by atoms with van der Waals surface area (Å²) in [7, 11) is 1.66. The first-order chi connectivity index (χ1) is 16.9. The molecule has 1 saturated carbocycles. The number of aromatic nitrogens is 5. The van der Waals surface area contributed by atoms with Crippen molar-refractivity contribution >= 4 is 22.6 Å². The van der Waals surface area contributed by atoms with Crippen molar-refractivity contribution < 1.29 is 9.13 Å². The van der Waals surface area contributed by atoms with Gasteiger partial charge in [0.25, 0.3) is 5.56 Å². The first-order valence-electron chi connectivity index (χ1n) is 11.9. The third-order valence-corrected chi connectivity index (χ3v) is 7.36. The Hall–Kier alpha value is -3.10. The van der Waals surface area contributed by atoms with Crippen molar-refractivity contribution in [2.75, 3.05) is 6.61 Å². The number of pyridine rings is 1. The van der Waals surface area contributed by atoms with Crippen LogP contribution in [0.5, 0.6) is 0 Å². The van der Waals surface area contributed by atoms with Gasteiger partial charge in [-0.1, -0.05) is 11.6 Å². The summed E-state index contributed by atoms with van der Waals surface area (Å²) < 4.78 is 24.6. The van der Waals surface area contributed by atoms with E-state index in [0.29, 0.717) is 45.7 Å². The molecular weight excluding hydrogens is 469 g/mol. The number of benzene rings is 1. The number of halogens is 2. The van der Waals surface area contributed by atoms with Gasteiger partial charge < -0.3 is 4.74 Å². The number of ether oxygens (including phenoxy) is 1. The topological polar surface area (TPSA) is 74.8 Å². The van der Waals surface area contributed by atoms with Crippen LogP contribution >= 0.6 is 11.6 Å². The number of hydrogen-bond acceptors (Lipinski definition) is 5. The van der Waals surface area contributed by atoms with Gasteiger partial charge in [0.2, 0.25) is 0 Å². The second-order valence-corrected chi connectivity index (χ2v) is 9.94. The van der Waals surface area contributed by atoms with Crippen molar-refractivity contribution in [3.05, 3.63) is 74.9 Å². The number of rotatable bonds is 4. The molecule has 0 N–H and O–H groups in total. The monoisotopic (exact) mass is 493 g/mol. The lowest BCUT2D eigenvalue weighted by Gasteiger charge is -2.29. The van der Waals surface area contributed by atoms with Gasteiger partial charge in [-0.15, -0.1) is 0 Å². The number of aryl methyl sites for hydroxylation is 1. The highest BCUT2D eigenvalue weighted by Gasteiger charge is 2.30. The summed E-state index contributed by atoms with van der Waals surface area (Å²) in [6, 6.07) is 6.85. The Morgan fingerprint density at radius 3 is 2.74 bits per heavy atom. The van der Waals surface area contributed by atoms with Crippen LogP contribution in [0.3, 0.4) is 0 Å². The summed E-state index contributed by atoms with van der Waals surface area (Å²) in [6.45, 7) is 2.34. The maximum Gasteiger partial charge on any atom is 0.263 e. The largest absolute Gasteiger partial charge is 0.373 e. The summed E-state index contributed by atoms with van der Waals surface area (Å²) in [5.41, 5.74) is 2.71. The summed E-state index contributed by atoms with van der Waals surface area (Å²) in [4.78, 5) is 22.6. The second-order valence-electron chi connectivity index (χ2n) is 9.51. The Morgan fingerprint density at radius 2 is 1.97 bits per heavy atom. The average Bonchev–Trinajstić information content (AvgIpc) is 3.58. The van der Waals surface area contributed by atoms with Crippen LogP contribution < -0.4 is 5.56 Å². The standard InChI is InChI=1S/C26H25ClFN5O2/c1-14-30-25-24(26(34)32(14)2)20(19-6-3-17(27)10-21(19)28)11-22(31-25)15-7-8-35-23(9-15)16-12-29-33(13-16)18-4-5-18/h3,6,10-13,15,18,23H,4-5,7-9H2,1-2H3/t15-,23-/m1/s1. The smallest absolute Gasteiger partial charge is 0.263 e. The van der Waals surface area contributed by atoms with Crippen LogP contribution in [0, 0.1) is 12.7 Å². The van der Waals surface area contributed by atoms with Crippen LogP contribution in [0.15, 0.2) is 41.5 Å². The van der Waals surface area contributed by atoms with Crippen LogP contribution in [-0.2, 0) is 11.8 Å². The highest BCUT2D eigenvalue weighted by atomic mass is 35.5. The Balaban J connectivity index is 1.45. The molecule has 180 valence electrons. The molecule has 9 heteroatoms. The highest BCUT2D eigenvalue weighted by Crippen LogP contribution is 2.40. The van der Waals surface area contributed by atoms with Crippen molar-refractivity contribution in [3.8, 4) is 11.1 Å². The third-order valence-electron chi connectivity index (χ3n) is 7.13. The zero-order valence-corrected chi connectivity index (χ0v) is 20.3. The van der Waals surface area contributed by atoms with E-state index in [2.05, 4.69) is 16.3 Å². The molecular formula is C26H25ClFN5O2. The molecule has 1 saturated heterocycles. The highest BCUT2D eigenvalue weighted by molar-refractivity contribution is 6.30. The lowest BCUT2D eigenvalue weighted by atomic mass is 9.88. The molecule has 0 amide bonds. The summed E-state index contributed by atoms with van der Waals surface area (Å²) in [5.74, 6) is 0.130. The van der Waals surface area contributed by atoms with Gasteiger partial charge in [-0.05, 0) is 56.9 Å². The minimum Gasteiger partial charge on any atom is -0.373 e. The van der Waals surface area contributed by atoms with Crippen LogP contribution in [0.25, 0.3) is 22.2 Å². The Labute approximate surface area is 206 Å². The summed E-state index contributed by atoms with van der Waals surface area (Å²) >= 11 is 6.00. The molecule has 1 aromatic carbocycles. The van der Waals surface area contributed by atoms with Crippen LogP contribution in [0.4, 0.5) is 4.39 Å². The second kappa shape index (κ2) is 8.53. The van der Waals surface area contributed by atoms with Gasteiger partial charge >= 0.3 is 0 Å². The van der Waals surface area contributed by atoms with E-state index in [1.165, 1.54) is 23.5 Å². The van der Waals surface area contributed by atoms with Crippen molar-refractivity contribution in [1.82, 2.24) is 24.3 Å². The molecule has 7 nitrogen and oxygen atoms in total. The molecule has 1 aliphatic carbocycles. The van der Waals surface area contributed by atoms with Gasteiger partial charge in [0.1, 0.15) is 11.6 Å². The van der Waals surface area contributed by atoms with Gasteiger partial charge in [-0.25, -0.2) is 14.4 Å². The van der Waals surface area contributed by atoms with Crippen LogP contribution in [-0.4, -0.2) is 30.9 Å². The van der Waals surface area contributed by atoms with E-state index >= 15 is 4.39 Å². The molecule has 4 aromatic rings. The molecule has 4 heterocycles. The summed E-state index contributed by atoms with van der Waals surface area (Å²) in [5, 5.41) is 5.11. The first kappa shape index (κ1) is 22.4. The number of hydrogen-bond donors (Lipinski definition) is 0. The van der Waals surface area contributed by atoms with Crippen molar-refractivity contribution in [1.29, 1.82) is 0 Å². The summed E-state index contributed by atoms with van der Waals surface area (Å²) in [6.07, 6.45) is 7.73. The Kier molecular flexibility index (Phi) is 5.45. The van der Waals surface area contributed by atoms with Crippen LogP contribution in [0.1, 0.15) is 60.8 Å². The predicted molar refractivity (Wildman–Crippen MR) is 131 cm³/mol. The maximum absolute atomic E-state index is 15.0. The average molecular weight is 494 g/mol. The van der Waals surface area contributed by atoms with E-state index in [1.54, 1.807) is 26.1 Å². The van der Waals surface area contributed by atoms with E-state index in [9.17, 15) is 4.79 Å². The molecule has 0 unspecified atom stereocenters. The fourth-order valence-corrected chi connectivity index (χ4v) is 5.03. The van der Waals surface area contributed by atoms with Gasteiger partial charge in [0.15, 0.2) is 5.65 Å². The molecule has 6 rings (SSSR count). The Morgan fingerprint density at radius 1 is 1.14 bits per heavy atom. The van der Waals surface area contributed by atoms with Gasteiger partial charge in [-0.3, -0.25) is 14.0 Å². The lowest BCUT2D eigenvalue weighted by molar-refractivity contribution is 0.00463. The SMILES string of the molecule is Cc1nc2nc([C@@H]3CCO[C@@H](c4cnn(C5CC5)c4)C3)cc(-c3ccc(Cl)cc3F)c2c(=O)n1C. The first-order valence-corrected chi connectivity index (χ1v) is 12.3. The molecule has 2 atom stereocenters. The van der Waals surface area contributed by atoms with E-state index < -0.39 is 5.82 Å². The Bertz CT molecular complexity index is 1510. The van der Waals surface area contributed by atoms with E-state index in [0.717, 1.165) is 24.1 Å². The van der Waals surface area contributed by atoms with Gasteiger partial charge in [0, 0.05) is 53.2 Å². The molecule has 2 aliphatic rings. The molecule has 35 heavy (non-hydrogen) atoms. The fraction of sp³-hybridized carbons (Fsp3) is 0.385. The predicted octanol–water partition coefficient (Wildman–Crippen LogP) is 5.26. The molecule has 0 bridgehead atoms. The normalized spacial score (nSPS) is 20.5. The maximum atomic E-state index is 15.0. The van der Waals surface area contributed by atoms with Crippen LogP contribution in [0.2, 0.25) is 5.02 Å².